The number of halogens is 6. The highest BCUT2D eigenvalue weighted by atomic mass is 19.4. The van der Waals surface area contributed by atoms with E-state index in [9.17, 15) is 45.8 Å². The van der Waals surface area contributed by atoms with Crippen molar-refractivity contribution in [2.75, 3.05) is 24.5 Å². The highest BCUT2D eigenvalue weighted by Crippen LogP contribution is 2.36. The van der Waals surface area contributed by atoms with E-state index >= 15 is 0 Å². The van der Waals surface area contributed by atoms with Gasteiger partial charge in [-0.25, -0.2) is 4.79 Å². The van der Waals surface area contributed by atoms with E-state index in [4.69, 9.17) is 0 Å². The SMILES string of the molecule is O=C(CNC1CCN(c2cccc(C(=O)O)c2)CC1)NC(NC(=O)c1cc(C(F)(F)F)cc(C(F)(F)F)c1)C1=CC=[N+]=C1. The summed E-state index contributed by atoms with van der Waals surface area (Å²) in [7, 11) is 0. The molecular formula is C28H26F6N5O4+. The summed E-state index contributed by atoms with van der Waals surface area (Å²) in [6.45, 7) is 0.996. The number of hydrogen-bond acceptors (Lipinski definition) is 5. The van der Waals surface area contributed by atoms with E-state index in [1.54, 1.807) is 12.1 Å². The summed E-state index contributed by atoms with van der Waals surface area (Å²) in [6.07, 6.45) is -6.26. The average Bonchev–Trinajstić information content (AvgIpc) is 3.50. The van der Waals surface area contributed by atoms with Crippen LogP contribution in [0.4, 0.5) is 32.0 Å². The standard InChI is InChI=1S/C28H25F6N5O4/c29-27(30,31)19-10-18(11-20(13-19)28(32,33)34)25(41)38-24(17-4-7-35-14-17)37-23(40)15-36-21-5-8-39(9-6-21)22-3-1-2-16(12-22)26(42)43/h1-4,7,10-14,21,24,36H,5-6,8-9,15H2,(H2-,37,38,40,41,42,43)/p+1. The fourth-order valence-electron chi connectivity index (χ4n) is 4.60. The lowest BCUT2D eigenvalue weighted by Gasteiger charge is -2.34. The molecule has 4 N–H and O–H groups in total. The minimum atomic E-state index is -5.14. The summed E-state index contributed by atoms with van der Waals surface area (Å²) in [6, 6.07) is 7.01. The molecule has 0 bridgehead atoms. The zero-order chi connectivity index (χ0) is 31.4. The third-order valence-corrected chi connectivity index (χ3v) is 6.85. The van der Waals surface area contributed by atoms with Crippen LogP contribution in [-0.4, -0.2) is 67.2 Å². The Balaban J connectivity index is 1.37. The Kier molecular flexibility index (Phi) is 9.26. The molecule has 1 saturated heterocycles. The van der Waals surface area contributed by atoms with Crippen LogP contribution in [0.1, 0.15) is 44.7 Å². The second-order valence-corrected chi connectivity index (χ2v) is 9.86. The molecule has 1 unspecified atom stereocenters. The van der Waals surface area contributed by atoms with Crippen molar-refractivity contribution in [3.8, 4) is 0 Å². The molecule has 15 heteroatoms. The maximum Gasteiger partial charge on any atom is 0.416 e. The van der Waals surface area contributed by atoms with Gasteiger partial charge in [0.15, 0.2) is 0 Å². The zero-order valence-corrected chi connectivity index (χ0v) is 22.3. The van der Waals surface area contributed by atoms with Gasteiger partial charge in [-0.2, -0.15) is 26.3 Å². The summed E-state index contributed by atoms with van der Waals surface area (Å²) >= 11 is 0. The highest BCUT2D eigenvalue weighted by Gasteiger charge is 2.38. The molecule has 4 rings (SSSR count). The molecule has 1 atom stereocenters. The maximum absolute atomic E-state index is 13.3. The number of nitrogens with zero attached hydrogens (tertiary/aromatic N) is 2. The molecule has 2 aliphatic rings. The van der Waals surface area contributed by atoms with E-state index < -0.39 is 53.0 Å². The van der Waals surface area contributed by atoms with Crippen LogP contribution in [0.25, 0.3) is 0 Å². The molecular weight excluding hydrogens is 584 g/mol. The molecule has 0 spiro atoms. The fraction of sp³-hybridized carbons (Fsp3) is 0.321. The molecule has 0 aliphatic carbocycles. The van der Waals surface area contributed by atoms with E-state index in [-0.39, 0.29) is 29.8 Å². The van der Waals surface area contributed by atoms with Crippen LogP contribution < -0.4 is 25.5 Å². The summed E-state index contributed by atoms with van der Waals surface area (Å²) < 4.78 is 83.4. The number of benzene rings is 2. The second-order valence-electron chi connectivity index (χ2n) is 9.86. The van der Waals surface area contributed by atoms with Gasteiger partial charge in [0, 0.05) is 36.5 Å². The van der Waals surface area contributed by atoms with Gasteiger partial charge in [-0.15, -0.1) is 4.67 Å². The molecule has 2 amide bonds. The predicted octanol–water partition coefficient (Wildman–Crippen LogP) is 3.00. The normalized spacial score (nSPS) is 16.1. The number of hydrogen-bond donors (Lipinski definition) is 4. The number of carboxylic acids is 1. The molecule has 0 saturated carbocycles. The van der Waals surface area contributed by atoms with E-state index in [1.807, 2.05) is 11.0 Å². The van der Waals surface area contributed by atoms with Crippen molar-refractivity contribution in [3.05, 3.63) is 76.4 Å². The number of alkyl halides is 6. The first-order chi connectivity index (χ1) is 20.2. The number of allylic oxidation sites excluding steroid dienone is 1. The van der Waals surface area contributed by atoms with Crippen LogP contribution in [0.2, 0.25) is 0 Å². The first kappa shape index (κ1) is 31.3. The first-order valence-corrected chi connectivity index (χ1v) is 13.0. The molecule has 0 radical (unpaired) electrons. The maximum atomic E-state index is 13.3. The molecule has 2 aliphatic heterocycles. The predicted molar refractivity (Wildman–Crippen MR) is 145 cm³/mol. The summed E-state index contributed by atoms with van der Waals surface area (Å²) in [5.41, 5.74) is -2.99. The fourth-order valence-corrected chi connectivity index (χ4v) is 4.60. The van der Waals surface area contributed by atoms with Gasteiger partial charge in [-0.1, -0.05) is 6.07 Å². The Morgan fingerprint density at radius 1 is 0.930 bits per heavy atom. The van der Waals surface area contributed by atoms with Crippen molar-refractivity contribution in [2.45, 2.75) is 37.4 Å². The van der Waals surface area contributed by atoms with E-state index in [1.165, 1.54) is 24.6 Å². The smallest absolute Gasteiger partial charge is 0.416 e. The first-order valence-electron chi connectivity index (χ1n) is 13.0. The van der Waals surface area contributed by atoms with Gasteiger partial charge in [-0.3, -0.25) is 9.59 Å². The number of amides is 2. The third kappa shape index (κ3) is 8.23. The Labute approximate surface area is 241 Å². The van der Waals surface area contributed by atoms with Gasteiger partial charge >= 0.3 is 18.3 Å². The number of rotatable bonds is 9. The van der Waals surface area contributed by atoms with Crippen LogP contribution in [0, 0.1) is 0 Å². The molecule has 2 heterocycles. The van der Waals surface area contributed by atoms with Gasteiger partial charge in [0.05, 0.1) is 28.8 Å². The molecule has 1 fully saturated rings. The molecule has 43 heavy (non-hydrogen) atoms. The number of carboxylic acid groups (broad SMARTS) is 1. The van der Waals surface area contributed by atoms with E-state index in [0.29, 0.717) is 38.1 Å². The van der Waals surface area contributed by atoms with Crippen molar-refractivity contribution in [1.29, 1.82) is 0 Å². The van der Waals surface area contributed by atoms with Crippen molar-refractivity contribution in [2.24, 2.45) is 0 Å². The van der Waals surface area contributed by atoms with Crippen LogP contribution >= 0.6 is 0 Å². The van der Waals surface area contributed by atoms with Crippen molar-refractivity contribution < 1.29 is 45.8 Å². The number of carbonyl (C=O) groups excluding carboxylic acids is 2. The van der Waals surface area contributed by atoms with Crippen LogP contribution in [0.3, 0.4) is 0 Å². The molecule has 2 aromatic rings. The third-order valence-electron chi connectivity index (χ3n) is 6.85. The van der Waals surface area contributed by atoms with Gasteiger partial charge in [0.25, 0.3) is 18.3 Å². The average molecular weight is 611 g/mol. The molecule has 0 aromatic heterocycles. The van der Waals surface area contributed by atoms with Gasteiger partial charge in [0.1, 0.15) is 6.17 Å². The number of anilines is 1. The lowest BCUT2D eigenvalue weighted by atomic mass is 10.0. The monoisotopic (exact) mass is 610 g/mol. The summed E-state index contributed by atoms with van der Waals surface area (Å²) in [5, 5.41) is 17.1. The van der Waals surface area contributed by atoms with Gasteiger partial charge in [0.2, 0.25) is 5.91 Å². The van der Waals surface area contributed by atoms with Gasteiger partial charge < -0.3 is 26.0 Å². The zero-order valence-electron chi connectivity index (χ0n) is 22.3. The number of aromatic carboxylic acids is 1. The topological polar surface area (TPSA) is 125 Å². The van der Waals surface area contributed by atoms with E-state index in [0.717, 1.165) is 5.69 Å². The lowest BCUT2D eigenvalue weighted by molar-refractivity contribution is -0.143. The Bertz CT molecular complexity index is 1460. The van der Waals surface area contributed by atoms with Gasteiger partial charge in [-0.05, 0) is 49.2 Å². The number of piperidine rings is 1. The van der Waals surface area contributed by atoms with Crippen LogP contribution in [0.15, 0.2) is 54.1 Å². The number of nitrogens with one attached hydrogen (secondary N) is 3. The minimum absolute atomic E-state index is 0.0656. The summed E-state index contributed by atoms with van der Waals surface area (Å²) in [5.74, 6) is -2.89. The van der Waals surface area contributed by atoms with Crippen molar-refractivity contribution in [1.82, 2.24) is 20.6 Å². The van der Waals surface area contributed by atoms with Crippen LogP contribution in [-0.2, 0) is 17.1 Å². The van der Waals surface area contributed by atoms with Crippen molar-refractivity contribution in [3.63, 3.8) is 0 Å². The Hall–Kier alpha value is -4.62. The van der Waals surface area contributed by atoms with Crippen LogP contribution in [0.5, 0.6) is 0 Å². The Morgan fingerprint density at radius 2 is 1.58 bits per heavy atom. The molecule has 9 nitrogen and oxygen atoms in total. The number of carbonyl (C=O) groups is 3. The quantitative estimate of drug-likeness (QED) is 0.197. The second kappa shape index (κ2) is 12.7. The highest BCUT2D eigenvalue weighted by molar-refractivity contribution is 5.99. The van der Waals surface area contributed by atoms with Crippen molar-refractivity contribution >= 4 is 35.9 Å². The van der Waals surface area contributed by atoms with E-state index in [2.05, 4.69) is 20.6 Å². The Morgan fingerprint density at radius 3 is 2.14 bits per heavy atom. The molecule has 2 aromatic carbocycles. The summed E-state index contributed by atoms with van der Waals surface area (Å²) in [4.78, 5) is 38.9. The largest absolute Gasteiger partial charge is 0.478 e. The molecule has 228 valence electrons. The minimum Gasteiger partial charge on any atom is -0.478 e. The lowest BCUT2D eigenvalue weighted by Crippen LogP contribution is -2.53.